The average molecular weight is 395 g/mol. The molecule has 4 rings (SSSR count). The topological polar surface area (TPSA) is 57.2 Å². The first-order valence-corrected chi connectivity index (χ1v) is 9.76. The van der Waals surface area contributed by atoms with Gasteiger partial charge in [0.1, 0.15) is 0 Å². The van der Waals surface area contributed by atoms with Gasteiger partial charge in [-0.2, -0.15) is 10.1 Å². The molecule has 1 aliphatic heterocycles. The zero-order chi connectivity index (χ0) is 19.5. The molecule has 28 heavy (non-hydrogen) atoms. The number of halogens is 1. The minimum Gasteiger partial charge on any atom is -0.368 e. The van der Waals surface area contributed by atoms with E-state index in [4.69, 9.17) is 11.6 Å². The minimum absolute atomic E-state index is 0.469. The zero-order valence-corrected chi connectivity index (χ0v) is 16.8. The van der Waals surface area contributed by atoms with Crippen LogP contribution in [0.1, 0.15) is 11.1 Å². The maximum absolute atomic E-state index is 6.04. The van der Waals surface area contributed by atoms with Gasteiger partial charge in [0, 0.05) is 42.6 Å². The molecule has 0 saturated carbocycles. The molecule has 0 unspecified atom stereocenters. The zero-order valence-electron chi connectivity index (χ0n) is 16.1. The Hall–Kier alpha value is -2.86. The fourth-order valence-electron chi connectivity index (χ4n) is 3.45. The van der Waals surface area contributed by atoms with E-state index in [1.165, 1.54) is 16.8 Å². The molecule has 1 fully saturated rings. The highest BCUT2D eigenvalue weighted by atomic mass is 35.5. The van der Waals surface area contributed by atoms with Gasteiger partial charge in [-0.15, -0.1) is 5.10 Å². The second kappa shape index (κ2) is 8.02. The van der Waals surface area contributed by atoms with Crippen LogP contribution in [0.4, 0.5) is 23.1 Å². The lowest BCUT2D eigenvalue weighted by molar-refractivity contribution is 0.643. The average Bonchev–Trinajstić information content (AvgIpc) is 2.71. The number of hydrogen-bond acceptors (Lipinski definition) is 6. The minimum atomic E-state index is 0.469. The lowest BCUT2D eigenvalue weighted by Crippen LogP contribution is -2.47. The summed E-state index contributed by atoms with van der Waals surface area (Å²) in [5.74, 6) is 1.30. The fraction of sp³-hybridized carbons (Fsp3) is 0.286. The Kier molecular flexibility index (Phi) is 5.30. The summed E-state index contributed by atoms with van der Waals surface area (Å²) in [6.07, 6.45) is 1.72. The van der Waals surface area contributed by atoms with Crippen LogP contribution in [0, 0.1) is 13.8 Å². The van der Waals surface area contributed by atoms with E-state index in [2.05, 4.69) is 62.3 Å². The van der Waals surface area contributed by atoms with Crippen LogP contribution in [0.3, 0.4) is 0 Å². The van der Waals surface area contributed by atoms with Crippen molar-refractivity contribution in [3.63, 3.8) is 0 Å². The van der Waals surface area contributed by atoms with Crippen LogP contribution < -0.4 is 15.1 Å². The summed E-state index contributed by atoms with van der Waals surface area (Å²) in [4.78, 5) is 9.32. The number of benzene rings is 2. The van der Waals surface area contributed by atoms with Crippen molar-refractivity contribution in [2.75, 3.05) is 41.3 Å². The van der Waals surface area contributed by atoms with Crippen LogP contribution in [0.5, 0.6) is 0 Å². The monoisotopic (exact) mass is 394 g/mol. The summed E-state index contributed by atoms with van der Waals surface area (Å²) in [5.41, 5.74) is 4.85. The van der Waals surface area contributed by atoms with Crippen molar-refractivity contribution in [2.24, 2.45) is 0 Å². The summed E-state index contributed by atoms with van der Waals surface area (Å²) < 4.78 is 0. The Balaban J connectivity index is 1.44. The van der Waals surface area contributed by atoms with Crippen molar-refractivity contribution >= 4 is 34.7 Å². The summed E-state index contributed by atoms with van der Waals surface area (Å²) in [5, 5.41) is 12.0. The van der Waals surface area contributed by atoms with Gasteiger partial charge in [-0.3, -0.25) is 0 Å². The Morgan fingerprint density at radius 1 is 0.964 bits per heavy atom. The fourth-order valence-corrected chi connectivity index (χ4v) is 3.64. The molecule has 144 valence electrons. The Labute approximate surface area is 170 Å². The number of aryl methyl sites for hydroxylation is 1. The van der Waals surface area contributed by atoms with E-state index in [1.54, 1.807) is 6.20 Å². The molecule has 7 heteroatoms. The van der Waals surface area contributed by atoms with Gasteiger partial charge in [0.2, 0.25) is 5.95 Å². The van der Waals surface area contributed by atoms with Crippen molar-refractivity contribution < 1.29 is 0 Å². The number of rotatable bonds is 4. The summed E-state index contributed by atoms with van der Waals surface area (Å²) in [6.45, 7) is 8.04. The van der Waals surface area contributed by atoms with Gasteiger partial charge < -0.3 is 15.1 Å². The SMILES string of the molecule is Cc1cccc(N2CCN(c3cnnc(Nc4cccc(Cl)c4)n3)CC2)c1C. The Morgan fingerprint density at radius 2 is 1.71 bits per heavy atom. The standard InChI is InChI=1S/C21H23ClN6/c1-15-5-3-8-19(16(15)2)27-9-11-28(12-10-27)20-14-23-26-21(25-20)24-18-7-4-6-17(22)13-18/h3-8,13-14H,9-12H2,1-2H3,(H,24,25,26). The highest BCUT2D eigenvalue weighted by Crippen LogP contribution is 2.25. The predicted molar refractivity (Wildman–Crippen MR) is 115 cm³/mol. The first-order chi connectivity index (χ1) is 13.6. The first kappa shape index (κ1) is 18.5. The van der Waals surface area contributed by atoms with Crippen molar-refractivity contribution in [1.29, 1.82) is 0 Å². The maximum Gasteiger partial charge on any atom is 0.249 e. The first-order valence-electron chi connectivity index (χ1n) is 9.38. The molecule has 6 nitrogen and oxygen atoms in total. The summed E-state index contributed by atoms with van der Waals surface area (Å²) in [7, 11) is 0. The Morgan fingerprint density at radius 3 is 2.50 bits per heavy atom. The molecule has 0 bridgehead atoms. The quantitative estimate of drug-likeness (QED) is 0.715. The van der Waals surface area contributed by atoms with E-state index in [-0.39, 0.29) is 0 Å². The molecule has 0 spiro atoms. The predicted octanol–water partition coefficient (Wildman–Crippen LogP) is 4.21. The van der Waals surface area contributed by atoms with Gasteiger partial charge in [0.05, 0.1) is 6.20 Å². The molecule has 1 N–H and O–H groups in total. The second-order valence-electron chi connectivity index (χ2n) is 6.97. The van der Waals surface area contributed by atoms with Crippen LogP contribution in [0.25, 0.3) is 0 Å². The number of aromatic nitrogens is 3. The van der Waals surface area contributed by atoms with Crippen molar-refractivity contribution in [3.8, 4) is 0 Å². The third kappa shape index (κ3) is 4.02. The highest BCUT2D eigenvalue weighted by Gasteiger charge is 2.20. The lowest BCUT2D eigenvalue weighted by Gasteiger charge is -2.37. The molecule has 3 aromatic rings. The van der Waals surface area contributed by atoms with Crippen molar-refractivity contribution in [3.05, 3.63) is 64.8 Å². The normalized spacial score (nSPS) is 14.2. The molecular formula is C21H23ClN6. The van der Waals surface area contributed by atoms with Gasteiger partial charge in [-0.25, -0.2) is 0 Å². The van der Waals surface area contributed by atoms with Crippen LogP contribution >= 0.6 is 11.6 Å². The van der Waals surface area contributed by atoms with Crippen LogP contribution in [0.15, 0.2) is 48.7 Å². The molecule has 0 atom stereocenters. The number of anilines is 4. The van der Waals surface area contributed by atoms with Crippen LogP contribution in [0.2, 0.25) is 5.02 Å². The molecular weight excluding hydrogens is 372 g/mol. The van der Waals surface area contributed by atoms with E-state index in [0.29, 0.717) is 11.0 Å². The number of nitrogens with one attached hydrogen (secondary N) is 1. The molecule has 1 saturated heterocycles. The van der Waals surface area contributed by atoms with E-state index in [1.807, 2.05) is 24.3 Å². The number of piperazine rings is 1. The lowest BCUT2D eigenvalue weighted by atomic mass is 10.1. The van der Waals surface area contributed by atoms with E-state index >= 15 is 0 Å². The van der Waals surface area contributed by atoms with Crippen LogP contribution in [-0.4, -0.2) is 41.4 Å². The van der Waals surface area contributed by atoms with Gasteiger partial charge in [-0.05, 0) is 49.2 Å². The smallest absolute Gasteiger partial charge is 0.249 e. The van der Waals surface area contributed by atoms with Gasteiger partial charge in [0.25, 0.3) is 0 Å². The van der Waals surface area contributed by atoms with Crippen molar-refractivity contribution in [2.45, 2.75) is 13.8 Å². The largest absolute Gasteiger partial charge is 0.368 e. The molecule has 0 aliphatic carbocycles. The molecule has 0 amide bonds. The Bertz CT molecular complexity index is 969. The molecule has 1 aliphatic rings. The number of hydrogen-bond donors (Lipinski definition) is 1. The third-order valence-corrected chi connectivity index (χ3v) is 5.38. The molecule has 0 radical (unpaired) electrons. The van der Waals surface area contributed by atoms with Gasteiger partial charge >= 0.3 is 0 Å². The maximum atomic E-state index is 6.04. The van der Waals surface area contributed by atoms with E-state index < -0.39 is 0 Å². The molecule has 2 aromatic carbocycles. The molecule has 1 aromatic heterocycles. The van der Waals surface area contributed by atoms with Gasteiger partial charge in [-0.1, -0.05) is 29.8 Å². The van der Waals surface area contributed by atoms with Crippen molar-refractivity contribution in [1.82, 2.24) is 15.2 Å². The molecule has 2 heterocycles. The van der Waals surface area contributed by atoms with Crippen LogP contribution in [-0.2, 0) is 0 Å². The third-order valence-electron chi connectivity index (χ3n) is 5.15. The highest BCUT2D eigenvalue weighted by molar-refractivity contribution is 6.30. The van der Waals surface area contributed by atoms with Gasteiger partial charge in [0.15, 0.2) is 5.82 Å². The summed E-state index contributed by atoms with van der Waals surface area (Å²) in [6, 6.07) is 14.0. The number of nitrogens with zero attached hydrogens (tertiary/aromatic N) is 5. The van der Waals surface area contributed by atoms with E-state index in [0.717, 1.165) is 37.7 Å². The summed E-state index contributed by atoms with van der Waals surface area (Å²) >= 11 is 6.04. The van der Waals surface area contributed by atoms with E-state index in [9.17, 15) is 0 Å². The second-order valence-corrected chi connectivity index (χ2v) is 7.40.